The van der Waals surface area contributed by atoms with E-state index in [0.29, 0.717) is 11.7 Å². The van der Waals surface area contributed by atoms with Crippen molar-refractivity contribution < 1.29 is 4.79 Å². The Bertz CT molecular complexity index is 603. The summed E-state index contributed by atoms with van der Waals surface area (Å²) in [5.41, 5.74) is 1.99. The normalized spacial score (nSPS) is 16.8. The van der Waals surface area contributed by atoms with Crippen molar-refractivity contribution in [1.29, 1.82) is 0 Å². The molecule has 1 aromatic carbocycles. The van der Waals surface area contributed by atoms with Crippen LogP contribution in [0, 0.1) is 0 Å². The van der Waals surface area contributed by atoms with Crippen LogP contribution in [0.5, 0.6) is 0 Å². The van der Waals surface area contributed by atoms with Gasteiger partial charge in [-0.05, 0) is 25.0 Å². The second-order valence-electron chi connectivity index (χ2n) is 5.41. The van der Waals surface area contributed by atoms with Gasteiger partial charge in [-0.25, -0.2) is 4.98 Å². The first-order valence-electron chi connectivity index (χ1n) is 7.35. The van der Waals surface area contributed by atoms with Crippen molar-refractivity contribution in [2.45, 2.75) is 44.6 Å². The molecule has 0 unspecified atom stereocenters. The molecule has 0 bridgehead atoms. The molecule has 1 heterocycles. The Kier molecular flexibility index (Phi) is 3.90. The number of nitrogens with one attached hydrogen (secondary N) is 1. The fourth-order valence-electron chi connectivity index (χ4n) is 2.75. The fourth-order valence-corrected chi connectivity index (χ4v) is 2.75. The van der Waals surface area contributed by atoms with Gasteiger partial charge >= 0.3 is 0 Å². The summed E-state index contributed by atoms with van der Waals surface area (Å²) in [7, 11) is 0. The predicted molar refractivity (Wildman–Crippen MR) is 78.5 cm³/mol. The van der Waals surface area contributed by atoms with Crippen molar-refractivity contribution in [2.24, 2.45) is 0 Å². The summed E-state index contributed by atoms with van der Waals surface area (Å²) >= 11 is 0. The van der Waals surface area contributed by atoms with Crippen LogP contribution in [0.15, 0.2) is 30.5 Å². The number of nitrogens with zero attached hydrogens (tertiary/aromatic N) is 2. The number of amides is 1. The molecular formula is C16H19N3O. The second-order valence-corrected chi connectivity index (χ2v) is 5.41. The second kappa shape index (κ2) is 5.99. The summed E-state index contributed by atoms with van der Waals surface area (Å²) < 4.78 is 0. The van der Waals surface area contributed by atoms with E-state index in [-0.39, 0.29) is 5.91 Å². The minimum absolute atomic E-state index is 0.102. The largest absolute Gasteiger partial charge is 0.348 e. The first-order valence-corrected chi connectivity index (χ1v) is 7.35. The maximum Gasteiger partial charge on any atom is 0.271 e. The number of hydrogen-bond donors (Lipinski definition) is 1. The molecule has 1 saturated carbocycles. The molecule has 1 aromatic heterocycles. The Morgan fingerprint density at radius 1 is 1.05 bits per heavy atom. The van der Waals surface area contributed by atoms with Crippen LogP contribution in [-0.4, -0.2) is 21.9 Å². The van der Waals surface area contributed by atoms with Crippen LogP contribution in [0.1, 0.15) is 49.0 Å². The Labute approximate surface area is 118 Å². The van der Waals surface area contributed by atoms with Gasteiger partial charge in [-0.2, -0.15) is 0 Å². The molecule has 4 nitrogen and oxygen atoms in total. The monoisotopic (exact) mass is 269 g/mol. The number of carbonyl (C=O) groups excluding carboxylic acids is 1. The highest BCUT2D eigenvalue weighted by Gasteiger charge is 2.16. The third-order valence-corrected chi connectivity index (χ3v) is 3.87. The van der Waals surface area contributed by atoms with Crippen molar-refractivity contribution in [3.8, 4) is 0 Å². The summed E-state index contributed by atoms with van der Waals surface area (Å²) in [6.45, 7) is 0. The zero-order valence-electron chi connectivity index (χ0n) is 11.5. The van der Waals surface area contributed by atoms with E-state index < -0.39 is 0 Å². The van der Waals surface area contributed by atoms with Crippen LogP contribution < -0.4 is 5.32 Å². The molecule has 0 radical (unpaired) electrons. The van der Waals surface area contributed by atoms with Gasteiger partial charge in [-0.1, -0.05) is 37.8 Å². The number of para-hydroxylation sites is 2. The Morgan fingerprint density at radius 2 is 1.75 bits per heavy atom. The SMILES string of the molecule is O=C(NC1CCCCCC1)c1cnc2ccccc2n1. The molecule has 1 aliphatic carbocycles. The van der Waals surface area contributed by atoms with Gasteiger partial charge in [0.25, 0.3) is 5.91 Å². The number of fused-ring (bicyclic) bond motifs is 1. The fraction of sp³-hybridized carbons (Fsp3) is 0.438. The van der Waals surface area contributed by atoms with Crippen molar-refractivity contribution >= 4 is 16.9 Å². The van der Waals surface area contributed by atoms with Crippen LogP contribution in [-0.2, 0) is 0 Å². The summed E-state index contributed by atoms with van der Waals surface area (Å²) in [6, 6.07) is 7.89. The predicted octanol–water partition coefficient (Wildman–Crippen LogP) is 3.08. The van der Waals surface area contributed by atoms with E-state index >= 15 is 0 Å². The van der Waals surface area contributed by atoms with Crippen LogP contribution in [0.2, 0.25) is 0 Å². The third kappa shape index (κ3) is 2.95. The van der Waals surface area contributed by atoms with Gasteiger partial charge in [0.1, 0.15) is 5.69 Å². The summed E-state index contributed by atoms with van der Waals surface area (Å²) in [5.74, 6) is -0.102. The first-order chi connectivity index (χ1) is 9.83. The van der Waals surface area contributed by atoms with Crippen LogP contribution >= 0.6 is 0 Å². The van der Waals surface area contributed by atoms with E-state index in [9.17, 15) is 4.79 Å². The first kappa shape index (κ1) is 13.0. The minimum atomic E-state index is -0.102. The number of carbonyl (C=O) groups is 1. The van der Waals surface area contributed by atoms with E-state index in [1.54, 1.807) is 6.20 Å². The van der Waals surface area contributed by atoms with Crippen LogP contribution in [0.4, 0.5) is 0 Å². The molecule has 1 fully saturated rings. The molecule has 1 amide bonds. The number of aromatic nitrogens is 2. The average Bonchev–Trinajstić information content (AvgIpc) is 2.75. The third-order valence-electron chi connectivity index (χ3n) is 3.87. The molecule has 1 aliphatic rings. The van der Waals surface area contributed by atoms with E-state index in [0.717, 1.165) is 23.9 Å². The molecule has 0 aliphatic heterocycles. The highest BCUT2D eigenvalue weighted by molar-refractivity contribution is 5.93. The number of hydrogen-bond acceptors (Lipinski definition) is 3. The Balaban J connectivity index is 1.74. The van der Waals surface area contributed by atoms with E-state index in [1.165, 1.54) is 25.7 Å². The lowest BCUT2D eigenvalue weighted by atomic mass is 10.1. The maximum atomic E-state index is 12.3. The van der Waals surface area contributed by atoms with Gasteiger partial charge < -0.3 is 5.32 Å². The van der Waals surface area contributed by atoms with E-state index in [1.807, 2.05) is 24.3 Å². The van der Waals surface area contributed by atoms with Crippen LogP contribution in [0.3, 0.4) is 0 Å². The van der Waals surface area contributed by atoms with Gasteiger partial charge in [0.15, 0.2) is 0 Å². The standard InChI is InChI=1S/C16H19N3O/c20-16(18-12-7-3-1-2-4-8-12)15-11-17-13-9-5-6-10-14(13)19-15/h5-6,9-12H,1-4,7-8H2,(H,18,20). The van der Waals surface area contributed by atoms with E-state index in [4.69, 9.17) is 0 Å². The zero-order chi connectivity index (χ0) is 13.8. The smallest absolute Gasteiger partial charge is 0.271 e. The lowest BCUT2D eigenvalue weighted by Gasteiger charge is -2.15. The van der Waals surface area contributed by atoms with Crippen molar-refractivity contribution in [1.82, 2.24) is 15.3 Å². The van der Waals surface area contributed by atoms with Crippen molar-refractivity contribution in [3.63, 3.8) is 0 Å². The van der Waals surface area contributed by atoms with Crippen molar-refractivity contribution in [3.05, 3.63) is 36.2 Å². The molecule has 3 rings (SSSR count). The highest BCUT2D eigenvalue weighted by atomic mass is 16.1. The molecule has 20 heavy (non-hydrogen) atoms. The van der Waals surface area contributed by atoms with E-state index in [2.05, 4.69) is 15.3 Å². The van der Waals surface area contributed by atoms with Gasteiger partial charge in [-0.3, -0.25) is 9.78 Å². The summed E-state index contributed by atoms with van der Waals surface area (Å²) in [6.07, 6.45) is 8.68. The van der Waals surface area contributed by atoms with Gasteiger partial charge in [-0.15, -0.1) is 0 Å². The van der Waals surface area contributed by atoms with Gasteiger partial charge in [0.2, 0.25) is 0 Å². The highest BCUT2D eigenvalue weighted by Crippen LogP contribution is 2.17. The van der Waals surface area contributed by atoms with Gasteiger partial charge in [0.05, 0.1) is 17.2 Å². The minimum Gasteiger partial charge on any atom is -0.348 e. The zero-order valence-corrected chi connectivity index (χ0v) is 11.5. The van der Waals surface area contributed by atoms with Crippen molar-refractivity contribution in [2.75, 3.05) is 0 Å². The number of benzene rings is 1. The molecule has 4 heteroatoms. The lowest BCUT2D eigenvalue weighted by molar-refractivity contribution is 0.0928. The quantitative estimate of drug-likeness (QED) is 0.852. The summed E-state index contributed by atoms with van der Waals surface area (Å²) in [4.78, 5) is 20.9. The average molecular weight is 269 g/mol. The molecule has 2 aromatic rings. The topological polar surface area (TPSA) is 54.9 Å². The lowest BCUT2D eigenvalue weighted by Crippen LogP contribution is -2.34. The molecule has 0 atom stereocenters. The summed E-state index contributed by atoms with van der Waals surface area (Å²) in [5, 5.41) is 3.10. The molecule has 0 saturated heterocycles. The molecule has 1 N–H and O–H groups in total. The Morgan fingerprint density at radius 3 is 2.50 bits per heavy atom. The van der Waals surface area contributed by atoms with Gasteiger partial charge in [0, 0.05) is 6.04 Å². The Hall–Kier alpha value is -1.97. The molecule has 0 spiro atoms. The molecule has 104 valence electrons. The van der Waals surface area contributed by atoms with Crippen LogP contribution in [0.25, 0.3) is 11.0 Å². The maximum absolute atomic E-state index is 12.3. The molecular weight excluding hydrogens is 250 g/mol. The number of rotatable bonds is 2.